The SMILES string of the molecule is CCOCCC(=O)N(C)Cc1ccc(OCC(=O)O)cc1. The van der Waals surface area contributed by atoms with Crippen molar-refractivity contribution in [3.8, 4) is 5.75 Å². The molecule has 1 amide bonds. The number of hydrogen-bond donors (Lipinski definition) is 1. The molecule has 0 saturated carbocycles. The van der Waals surface area contributed by atoms with E-state index in [9.17, 15) is 9.59 Å². The van der Waals surface area contributed by atoms with Crippen LogP contribution in [0.1, 0.15) is 18.9 Å². The van der Waals surface area contributed by atoms with Crippen LogP contribution in [0.2, 0.25) is 0 Å². The highest BCUT2D eigenvalue weighted by molar-refractivity contribution is 5.75. The quantitative estimate of drug-likeness (QED) is 0.699. The Kier molecular flexibility index (Phi) is 7.25. The number of carbonyl (C=O) groups is 2. The highest BCUT2D eigenvalue weighted by Gasteiger charge is 2.09. The Morgan fingerprint density at radius 2 is 1.90 bits per heavy atom. The number of ether oxygens (including phenoxy) is 2. The molecule has 21 heavy (non-hydrogen) atoms. The van der Waals surface area contributed by atoms with E-state index in [4.69, 9.17) is 14.6 Å². The van der Waals surface area contributed by atoms with Crippen molar-refractivity contribution in [2.45, 2.75) is 19.9 Å². The molecule has 116 valence electrons. The van der Waals surface area contributed by atoms with Crippen molar-refractivity contribution in [1.82, 2.24) is 4.90 Å². The summed E-state index contributed by atoms with van der Waals surface area (Å²) in [5, 5.41) is 8.52. The maximum absolute atomic E-state index is 11.8. The largest absolute Gasteiger partial charge is 0.482 e. The number of aliphatic carboxylic acids is 1. The third-order valence-electron chi connectivity index (χ3n) is 2.80. The monoisotopic (exact) mass is 295 g/mol. The van der Waals surface area contributed by atoms with Crippen LogP contribution >= 0.6 is 0 Å². The number of amides is 1. The minimum absolute atomic E-state index is 0.0228. The van der Waals surface area contributed by atoms with Gasteiger partial charge in [-0.2, -0.15) is 0 Å². The van der Waals surface area contributed by atoms with Gasteiger partial charge in [0.05, 0.1) is 13.0 Å². The molecule has 1 rings (SSSR count). The van der Waals surface area contributed by atoms with Crippen LogP contribution in [-0.4, -0.2) is 48.8 Å². The highest BCUT2D eigenvalue weighted by Crippen LogP contribution is 2.13. The number of rotatable bonds is 9. The van der Waals surface area contributed by atoms with E-state index in [1.165, 1.54) is 0 Å². The lowest BCUT2D eigenvalue weighted by Crippen LogP contribution is -2.27. The van der Waals surface area contributed by atoms with Gasteiger partial charge >= 0.3 is 5.97 Å². The smallest absolute Gasteiger partial charge is 0.341 e. The molecular formula is C15H21NO5. The third kappa shape index (κ3) is 6.76. The summed E-state index contributed by atoms with van der Waals surface area (Å²) in [6, 6.07) is 7.00. The number of carboxylic acids is 1. The number of carboxylic acid groups (broad SMARTS) is 1. The molecule has 0 radical (unpaired) electrons. The summed E-state index contributed by atoms with van der Waals surface area (Å²) in [5.41, 5.74) is 0.949. The van der Waals surface area contributed by atoms with Gasteiger partial charge in [0, 0.05) is 20.2 Å². The van der Waals surface area contributed by atoms with E-state index in [-0.39, 0.29) is 12.5 Å². The molecule has 1 aromatic rings. The van der Waals surface area contributed by atoms with Crippen LogP contribution in [-0.2, 0) is 20.9 Å². The zero-order chi connectivity index (χ0) is 15.7. The number of carbonyl (C=O) groups excluding carboxylic acids is 1. The third-order valence-corrected chi connectivity index (χ3v) is 2.80. The van der Waals surface area contributed by atoms with Crippen molar-refractivity contribution >= 4 is 11.9 Å². The van der Waals surface area contributed by atoms with Crippen LogP contribution in [0.4, 0.5) is 0 Å². The van der Waals surface area contributed by atoms with E-state index in [0.29, 0.717) is 31.9 Å². The zero-order valence-corrected chi connectivity index (χ0v) is 12.4. The summed E-state index contributed by atoms with van der Waals surface area (Å²) >= 11 is 0. The lowest BCUT2D eigenvalue weighted by atomic mass is 10.2. The molecule has 1 aromatic carbocycles. The Morgan fingerprint density at radius 3 is 2.48 bits per heavy atom. The first kappa shape index (κ1) is 17.0. The molecule has 0 heterocycles. The molecule has 0 atom stereocenters. The van der Waals surface area contributed by atoms with Crippen molar-refractivity contribution in [3.63, 3.8) is 0 Å². The van der Waals surface area contributed by atoms with E-state index in [2.05, 4.69) is 0 Å². The number of nitrogens with zero attached hydrogens (tertiary/aromatic N) is 1. The summed E-state index contributed by atoms with van der Waals surface area (Å²) < 4.78 is 10.2. The topological polar surface area (TPSA) is 76.1 Å². The second-order valence-corrected chi connectivity index (χ2v) is 4.52. The van der Waals surface area contributed by atoms with Crippen molar-refractivity contribution < 1.29 is 24.2 Å². The number of hydrogen-bond acceptors (Lipinski definition) is 4. The maximum atomic E-state index is 11.8. The van der Waals surface area contributed by atoms with Crippen LogP contribution in [0.15, 0.2) is 24.3 Å². The molecule has 0 bridgehead atoms. The van der Waals surface area contributed by atoms with Gasteiger partial charge in [-0.3, -0.25) is 4.79 Å². The van der Waals surface area contributed by atoms with Gasteiger partial charge in [-0.05, 0) is 24.6 Å². The minimum atomic E-state index is -1.02. The standard InChI is InChI=1S/C15H21NO5/c1-3-20-9-8-14(17)16(2)10-12-4-6-13(7-5-12)21-11-15(18)19/h4-7H,3,8-11H2,1-2H3,(H,18,19). The molecule has 0 aliphatic heterocycles. The number of benzene rings is 1. The molecule has 1 N–H and O–H groups in total. The fourth-order valence-corrected chi connectivity index (χ4v) is 1.69. The molecule has 0 fully saturated rings. The lowest BCUT2D eigenvalue weighted by Gasteiger charge is -2.17. The maximum Gasteiger partial charge on any atom is 0.341 e. The van der Waals surface area contributed by atoms with Crippen LogP contribution in [0.5, 0.6) is 5.75 Å². The first-order valence-electron chi connectivity index (χ1n) is 6.78. The lowest BCUT2D eigenvalue weighted by molar-refractivity contribution is -0.139. The normalized spacial score (nSPS) is 10.2. The summed E-state index contributed by atoms with van der Waals surface area (Å²) in [6.45, 7) is 3.05. The summed E-state index contributed by atoms with van der Waals surface area (Å²) in [5.74, 6) is -0.500. The van der Waals surface area contributed by atoms with E-state index in [1.54, 1.807) is 24.1 Å². The van der Waals surface area contributed by atoms with E-state index >= 15 is 0 Å². The molecule has 0 aliphatic carbocycles. The Morgan fingerprint density at radius 1 is 1.24 bits per heavy atom. The predicted molar refractivity (Wildman–Crippen MR) is 77.2 cm³/mol. The van der Waals surface area contributed by atoms with E-state index in [1.807, 2.05) is 19.1 Å². The van der Waals surface area contributed by atoms with E-state index in [0.717, 1.165) is 5.56 Å². The van der Waals surface area contributed by atoms with Crippen LogP contribution in [0.25, 0.3) is 0 Å². The van der Waals surface area contributed by atoms with Gasteiger partial charge in [0.25, 0.3) is 0 Å². The molecule has 0 aliphatic rings. The second-order valence-electron chi connectivity index (χ2n) is 4.52. The minimum Gasteiger partial charge on any atom is -0.482 e. The molecule has 0 saturated heterocycles. The van der Waals surface area contributed by atoms with Crippen LogP contribution in [0, 0.1) is 0 Å². The van der Waals surface area contributed by atoms with Crippen molar-refractivity contribution in [1.29, 1.82) is 0 Å². The Labute approximate surface area is 124 Å². The highest BCUT2D eigenvalue weighted by atomic mass is 16.5. The fraction of sp³-hybridized carbons (Fsp3) is 0.467. The molecule has 6 heteroatoms. The van der Waals surface area contributed by atoms with Crippen molar-refractivity contribution in [2.75, 3.05) is 26.9 Å². The zero-order valence-electron chi connectivity index (χ0n) is 12.4. The molecule has 0 spiro atoms. The molecular weight excluding hydrogens is 274 g/mol. The first-order chi connectivity index (χ1) is 10.0. The Balaban J connectivity index is 2.43. The molecule has 0 aromatic heterocycles. The van der Waals surface area contributed by atoms with Gasteiger partial charge in [-0.25, -0.2) is 4.79 Å². The summed E-state index contributed by atoms with van der Waals surface area (Å²) in [6.07, 6.45) is 0.365. The Bertz CT molecular complexity index is 458. The first-order valence-corrected chi connectivity index (χ1v) is 6.78. The summed E-state index contributed by atoms with van der Waals surface area (Å²) in [7, 11) is 1.74. The van der Waals surface area contributed by atoms with E-state index < -0.39 is 5.97 Å². The average molecular weight is 295 g/mol. The predicted octanol–water partition coefficient (Wildman–Crippen LogP) is 1.54. The average Bonchev–Trinajstić information content (AvgIpc) is 2.46. The molecule has 0 unspecified atom stereocenters. The second kappa shape index (κ2) is 8.97. The van der Waals surface area contributed by atoms with Gasteiger partial charge in [0.1, 0.15) is 5.75 Å². The van der Waals surface area contributed by atoms with Crippen molar-refractivity contribution in [2.24, 2.45) is 0 Å². The van der Waals surface area contributed by atoms with Gasteiger partial charge < -0.3 is 19.5 Å². The van der Waals surface area contributed by atoms with Crippen molar-refractivity contribution in [3.05, 3.63) is 29.8 Å². The molecule has 6 nitrogen and oxygen atoms in total. The fourth-order valence-electron chi connectivity index (χ4n) is 1.69. The van der Waals surface area contributed by atoms with Gasteiger partial charge in [-0.1, -0.05) is 12.1 Å². The Hall–Kier alpha value is -2.08. The van der Waals surface area contributed by atoms with Crippen LogP contribution in [0.3, 0.4) is 0 Å². The van der Waals surface area contributed by atoms with Gasteiger partial charge in [-0.15, -0.1) is 0 Å². The van der Waals surface area contributed by atoms with Crippen LogP contribution < -0.4 is 4.74 Å². The van der Waals surface area contributed by atoms with Gasteiger partial charge in [0.2, 0.25) is 5.91 Å². The summed E-state index contributed by atoms with van der Waals surface area (Å²) in [4.78, 5) is 23.8. The van der Waals surface area contributed by atoms with Gasteiger partial charge in [0.15, 0.2) is 6.61 Å².